The molecule has 36 heavy (non-hydrogen) atoms. The van der Waals surface area contributed by atoms with Crippen molar-refractivity contribution in [2.75, 3.05) is 22.4 Å². The van der Waals surface area contributed by atoms with Gasteiger partial charge in [-0.1, -0.05) is 48.5 Å². The van der Waals surface area contributed by atoms with Crippen molar-refractivity contribution in [2.24, 2.45) is 0 Å². The van der Waals surface area contributed by atoms with Gasteiger partial charge in [-0.3, -0.25) is 13.9 Å². The fraction of sp³-hybridized carbons (Fsp3) is 0.286. The molecule has 0 aliphatic carbocycles. The molecular formula is C28H33N3O4S. The summed E-state index contributed by atoms with van der Waals surface area (Å²) < 4.78 is 26.2. The van der Waals surface area contributed by atoms with E-state index in [0.29, 0.717) is 23.4 Å². The largest absolute Gasteiger partial charge is 0.345 e. The number of para-hydroxylation sites is 1. The number of sulfonamides is 1. The predicted octanol–water partition coefficient (Wildman–Crippen LogP) is 4.98. The zero-order valence-corrected chi connectivity index (χ0v) is 21.9. The standard InChI is InChI=1S/C28H33N3O4S/c1-20-17-21(2)19-24(18-20)31(36(4,34)35)16-10-15-27(32)30-26-14-9-8-13-25(26)28(33)29-22(3)23-11-6-5-7-12-23/h5-9,11-14,17-19,22H,10,15-16H2,1-4H3,(H,29,33)(H,30,32). The molecule has 0 saturated carbocycles. The van der Waals surface area contributed by atoms with E-state index in [9.17, 15) is 18.0 Å². The summed E-state index contributed by atoms with van der Waals surface area (Å²) in [6.45, 7) is 5.90. The molecular weight excluding hydrogens is 474 g/mol. The van der Waals surface area contributed by atoms with Gasteiger partial charge in [0.1, 0.15) is 0 Å². The molecule has 0 aliphatic heterocycles. The maximum Gasteiger partial charge on any atom is 0.253 e. The molecule has 0 aromatic heterocycles. The Morgan fingerprint density at radius 2 is 1.53 bits per heavy atom. The quantitative estimate of drug-likeness (QED) is 0.405. The molecule has 0 aliphatic rings. The van der Waals surface area contributed by atoms with Gasteiger partial charge in [0.25, 0.3) is 5.91 Å². The van der Waals surface area contributed by atoms with Gasteiger partial charge in [-0.2, -0.15) is 0 Å². The highest BCUT2D eigenvalue weighted by molar-refractivity contribution is 7.92. The van der Waals surface area contributed by atoms with E-state index < -0.39 is 10.0 Å². The number of nitrogens with one attached hydrogen (secondary N) is 2. The van der Waals surface area contributed by atoms with Gasteiger partial charge in [0.15, 0.2) is 0 Å². The second kappa shape index (κ2) is 11.9. The van der Waals surface area contributed by atoms with Gasteiger partial charge >= 0.3 is 0 Å². The summed E-state index contributed by atoms with van der Waals surface area (Å²) in [6.07, 6.45) is 1.59. The van der Waals surface area contributed by atoms with Crippen molar-refractivity contribution in [3.63, 3.8) is 0 Å². The third-order valence-electron chi connectivity index (χ3n) is 5.75. The minimum atomic E-state index is -3.51. The lowest BCUT2D eigenvalue weighted by Crippen LogP contribution is -2.31. The van der Waals surface area contributed by atoms with E-state index in [2.05, 4.69) is 10.6 Å². The summed E-state index contributed by atoms with van der Waals surface area (Å²) in [5.74, 6) is -0.583. The summed E-state index contributed by atoms with van der Waals surface area (Å²) in [6, 6.07) is 21.9. The molecule has 0 bridgehead atoms. The Morgan fingerprint density at radius 1 is 0.917 bits per heavy atom. The van der Waals surface area contributed by atoms with Crippen LogP contribution in [0.3, 0.4) is 0 Å². The number of hydrogen-bond donors (Lipinski definition) is 2. The van der Waals surface area contributed by atoms with Gasteiger partial charge in [0.2, 0.25) is 15.9 Å². The Bertz CT molecular complexity index is 1300. The molecule has 3 rings (SSSR count). The summed E-state index contributed by atoms with van der Waals surface area (Å²) in [4.78, 5) is 25.6. The molecule has 3 aromatic rings. The van der Waals surface area contributed by atoms with Gasteiger partial charge in [-0.25, -0.2) is 8.42 Å². The molecule has 0 fully saturated rings. The number of carbonyl (C=O) groups excluding carboxylic acids is 2. The van der Waals surface area contributed by atoms with Crippen LogP contribution in [0.4, 0.5) is 11.4 Å². The van der Waals surface area contributed by atoms with E-state index in [1.807, 2.05) is 69.3 Å². The lowest BCUT2D eigenvalue weighted by atomic mass is 10.1. The van der Waals surface area contributed by atoms with Crippen LogP contribution in [0.15, 0.2) is 72.8 Å². The monoisotopic (exact) mass is 507 g/mol. The van der Waals surface area contributed by atoms with Crippen molar-refractivity contribution in [2.45, 2.75) is 39.7 Å². The fourth-order valence-corrected chi connectivity index (χ4v) is 5.02. The number of amides is 2. The van der Waals surface area contributed by atoms with Gasteiger partial charge in [0.05, 0.1) is 29.2 Å². The summed E-state index contributed by atoms with van der Waals surface area (Å²) in [5.41, 5.74) is 4.27. The number of aryl methyl sites for hydroxylation is 2. The first kappa shape index (κ1) is 26.9. The van der Waals surface area contributed by atoms with Crippen molar-refractivity contribution < 1.29 is 18.0 Å². The summed E-state index contributed by atoms with van der Waals surface area (Å²) in [5, 5.41) is 5.77. The second-order valence-corrected chi connectivity index (χ2v) is 10.9. The first-order valence-electron chi connectivity index (χ1n) is 11.9. The first-order valence-corrected chi connectivity index (χ1v) is 13.7. The Morgan fingerprint density at radius 3 is 2.17 bits per heavy atom. The van der Waals surface area contributed by atoms with Crippen LogP contribution in [0, 0.1) is 13.8 Å². The summed E-state index contributed by atoms with van der Waals surface area (Å²) in [7, 11) is -3.51. The van der Waals surface area contributed by atoms with Gasteiger partial charge < -0.3 is 10.6 Å². The van der Waals surface area contributed by atoms with Crippen molar-refractivity contribution in [1.29, 1.82) is 0 Å². The average Bonchev–Trinajstić information content (AvgIpc) is 2.81. The van der Waals surface area contributed by atoms with Gasteiger partial charge in [-0.05, 0) is 68.1 Å². The lowest BCUT2D eigenvalue weighted by Gasteiger charge is -2.23. The third-order valence-corrected chi connectivity index (χ3v) is 6.95. The number of hydrogen-bond acceptors (Lipinski definition) is 4. The van der Waals surface area contributed by atoms with Crippen LogP contribution in [-0.4, -0.2) is 33.0 Å². The molecule has 0 spiro atoms. The van der Waals surface area contributed by atoms with E-state index in [1.54, 1.807) is 24.3 Å². The van der Waals surface area contributed by atoms with Crippen molar-refractivity contribution in [3.05, 3.63) is 95.1 Å². The van der Waals surface area contributed by atoms with Gasteiger partial charge in [0, 0.05) is 13.0 Å². The van der Waals surface area contributed by atoms with Crippen LogP contribution in [0.5, 0.6) is 0 Å². The Labute approximate surface area is 213 Å². The van der Waals surface area contributed by atoms with Crippen LogP contribution in [0.2, 0.25) is 0 Å². The van der Waals surface area contributed by atoms with E-state index in [0.717, 1.165) is 22.9 Å². The maximum atomic E-state index is 12.9. The Hall–Kier alpha value is -3.65. The number of benzene rings is 3. The molecule has 190 valence electrons. The number of nitrogens with zero attached hydrogens (tertiary/aromatic N) is 1. The van der Waals surface area contributed by atoms with Crippen molar-refractivity contribution in [3.8, 4) is 0 Å². The highest BCUT2D eigenvalue weighted by atomic mass is 32.2. The predicted molar refractivity (Wildman–Crippen MR) is 145 cm³/mol. The molecule has 2 amide bonds. The van der Waals surface area contributed by atoms with E-state index >= 15 is 0 Å². The molecule has 0 heterocycles. The number of anilines is 2. The van der Waals surface area contributed by atoms with E-state index in [-0.39, 0.29) is 30.8 Å². The molecule has 0 radical (unpaired) electrons. The van der Waals surface area contributed by atoms with Crippen molar-refractivity contribution in [1.82, 2.24) is 5.32 Å². The van der Waals surface area contributed by atoms with Crippen LogP contribution >= 0.6 is 0 Å². The first-order chi connectivity index (χ1) is 17.0. The molecule has 0 saturated heterocycles. The number of rotatable bonds is 10. The molecule has 3 aromatic carbocycles. The number of carbonyl (C=O) groups is 2. The Balaban J connectivity index is 1.63. The SMILES string of the molecule is Cc1cc(C)cc(N(CCCC(=O)Nc2ccccc2C(=O)NC(C)c2ccccc2)S(C)(=O)=O)c1. The highest BCUT2D eigenvalue weighted by Gasteiger charge is 2.19. The van der Waals surface area contributed by atoms with E-state index in [1.165, 1.54) is 4.31 Å². The maximum absolute atomic E-state index is 12.9. The van der Waals surface area contributed by atoms with Gasteiger partial charge in [-0.15, -0.1) is 0 Å². The van der Waals surface area contributed by atoms with Crippen LogP contribution in [-0.2, 0) is 14.8 Å². The second-order valence-electron chi connectivity index (χ2n) is 8.98. The van der Waals surface area contributed by atoms with Crippen LogP contribution in [0.1, 0.15) is 52.9 Å². The smallest absolute Gasteiger partial charge is 0.253 e. The minimum Gasteiger partial charge on any atom is -0.345 e. The van der Waals surface area contributed by atoms with Crippen LogP contribution < -0.4 is 14.9 Å². The minimum absolute atomic E-state index is 0.104. The average molecular weight is 508 g/mol. The zero-order valence-electron chi connectivity index (χ0n) is 21.1. The third kappa shape index (κ3) is 7.42. The highest BCUT2D eigenvalue weighted by Crippen LogP contribution is 2.22. The molecule has 1 unspecified atom stereocenters. The lowest BCUT2D eigenvalue weighted by molar-refractivity contribution is -0.116. The molecule has 8 heteroatoms. The molecule has 7 nitrogen and oxygen atoms in total. The van der Waals surface area contributed by atoms with Crippen LogP contribution in [0.25, 0.3) is 0 Å². The Kier molecular flexibility index (Phi) is 8.88. The zero-order chi connectivity index (χ0) is 26.3. The topological polar surface area (TPSA) is 95.6 Å². The molecule has 1 atom stereocenters. The summed E-state index contributed by atoms with van der Waals surface area (Å²) >= 11 is 0. The van der Waals surface area contributed by atoms with E-state index in [4.69, 9.17) is 0 Å². The molecule has 2 N–H and O–H groups in total. The fourth-order valence-electron chi connectivity index (χ4n) is 4.07. The normalized spacial score (nSPS) is 12.0. The van der Waals surface area contributed by atoms with Crippen molar-refractivity contribution >= 4 is 33.2 Å².